The van der Waals surface area contributed by atoms with Crippen LogP contribution in [0, 0.1) is 5.82 Å². The first-order valence-electron chi connectivity index (χ1n) is 7.28. The Hall–Kier alpha value is -1.87. The summed E-state index contributed by atoms with van der Waals surface area (Å²) in [6.45, 7) is 4.68. The Morgan fingerprint density at radius 3 is 2.62 bits per heavy atom. The third-order valence-electron chi connectivity index (χ3n) is 3.42. The average molecular weight is 287 g/mol. The second-order valence-corrected chi connectivity index (χ2v) is 5.57. The third kappa shape index (κ3) is 4.05. The minimum Gasteiger partial charge on any atom is -0.493 e. The zero-order valence-electron chi connectivity index (χ0n) is 12.6. The van der Waals surface area contributed by atoms with Gasteiger partial charge in [0.2, 0.25) is 0 Å². The van der Waals surface area contributed by atoms with E-state index in [-0.39, 0.29) is 5.82 Å². The molecule has 0 bridgehead atoms. The van der Waals surface area contributed by atoms with Crippen LogP contribution >= 0.6 is 0 Å². The van der Waals surface area contributed by atoms with E-state index < -0.39 is 5.54 Å². The molecule has 0 saturated heterocycles. The van der Waals surface area contributed by atoms with Crippen LogP contribution < -0.4 is 10.5 Å². The summed E-state index contributed by atoms with van der Waals surface area (Å²) in [5.74, 6) is 0.569. The predicted molar refractivity (Wildman–Crippen MR) is 83.9 cm³/mol. The Morgan fingerprint density at radius 2 is 1.90 bits per heavy atom. The predicted octanol–water partition coefficient (Wildman–Crippen LogP) is 4.03. The molecule has 1 unspecified atom stereocenters. The van der Waals surface area contributed by atoms with E-state index in [4.69, 9.17) is 10.5 Å². The summed E-state index contributed by atoms with van der Waals surface area (Å²) in [5.41, 5.74) is 7.70. The van der Waals surface area contributed by atoms with Crippen molar-refractivity contribution in [3.8, 4) is 5.75 Å². The average Bonchev–Trinajstić information content (AvgIpc) is 2.45. The quantitative estimate of drug-likeness (QED) is 0.870. The maximum atomic E-state index is 13.3. The number of hydrogen-bond acceptors (Lipinski definition) is 2. The van der Waals surface area contributed by atoms with Gasteiger partial charge in [-0.25, -0.2) is 4.39 Å². The number of benzene rings is 2. The smallest absolute Gasteiger partial charge is 0.124 e. The van der Waals surface area contributed by atoms with Crippen molar-refractivity contribution < 1.29 is 9.13 Å². The zero-order valence-corrected chi connectivity index (χ0v) is 12.6. The summed E-state index contributed by atoms with van der Waals surface area (Å²) in [7, 11) is 0. The molecule has 0 radical (unpaired) electrons. The lowest BCUT2D eigenvalue weighted by Crippen LogP contribution is -2.36. The highest BCUT2D eigenvalue weighted by molar-refractivity contribution is 5.40. The molecule has 0 aliphatic heterocycles. The minimum atomic E-state index is -0.613. The van der Waals surface area contributed by atoms with Gasteiger partial charge in [-0.3, -0.25) is 0 Å². The first-order valence-corrected chi connectivity index (χ1v) is 7.28. The van der Waals surface area contributed by atoms with Crippen molar-refractivity contribution in [3.05, 3.63) is 65.5 Å². The molecule has 1 atom stereocenters. The molecule has 2 aromatic rings. The summed E-state index contributed by atoms with van der Waals surface area (Å²) in [6.07, 6.45) is 1.50. The molecule has 0 fully saturated rings. The molecule has 0 heterocycles. The minimum absolute atomic E-state index is 0.237. The fourth-order valence-corrected chi connectivity index (χ4v) is 2.44. The fraction of sp³-hybridized carbons (Fsp3) is 0.333. The van der Waals surface area contributed by atoms with Gasteiger partial charge in [-0.2, -0.15) is 0 Å². The molecule has 2 aromatic carbocycles. The van der Waals surface area contributed by atoms with Crippen molar-refractivity contribution in [2.75, 3.05) is 6.61 Å². The van der Waals surface area contributed by atoms with E-state index in [2.05, 4.69) is 6.92 Å². The zero-order chi connectivity index (χ0) is 15.3. The first-order chi connectivity index (χ1) is 10.0. The number of halogens is 1. The Balaban J connectivity index is 2.26. The summed E-state index contributed by atoms with van der Waals surface area (Å²) >= 11 is 0. The number of nitrogens with two attached hydrogens (primary N) is 1. The number of rotatable bonds is 6. The van der Waals surface area contributed by atoms with Crippen LogP contribution in [0.25, 0.3) is 0 Å². The second kappa shape index (κ2) is 6.72. The summed E-state index contributed by atoms with van der Waals surface area (Å²) in [5, 5.41) is 0. The molecular formula is C18H22FNO. The molecule has 2 rings (SSSR count). The lowest BCUT2D eigenvalue weighted by Gasteiger charge is -2.27. The van der Waals surface area contributed by atoms with Crippen molar-refractivity contribution in [3.63, 3.8) is 0 Å². The van der Waals surface area contributed by atoms with Crippen molar-refractivity contribution in [2.24, 2.45) is 5.73 Å². The van der Waals surface area contributed by atoms with E-state index in [1.54, 1.807) is 6.07 Å². The van der Waals surface area contributed by atoms with Crippen molar-refractivity contribution in [2.45, 2.75) is 32.2 Å². The largest absolute Gasteiger partial charge is 0.493 e. The maximum absolute atomic E-state index is 13.3. The number of para-hydroxylation sites is 1. The van der Waals surface area contributed by atoms with Crippen LogP contribution in [0.5, 0.6) is 5.75 Å². The monoisotopic (exact) mass is 287 g/mol. The van der Waals surface area contributed by atoms with Crippen LogP contribution in [0.4, 0.5) is 4.39 Å². The molecule has 0 aliphatic carbocycles. The van der Waals surface area contributed by atoms with E-state index in [1.165, 1.54) is 12.1 Å². The first kappa shape index (κ1) is 15.5. The molecule has 0 saturated carbocycles. The SMILES string of the molecule is CCCOc1ccccc1C(C)(N)Cc1cccc(F)c1. The molecule has 2 nitrogen and oxygen atoms in total. The van der Waals surface area contributed by atoms with Crippen molar-refractivity contribution >= 4 is 0 Å². The Kier molecular flexibility index (Phi) is 4.97. The summed E-state index contributed by atoms with van der Waals surface area (Å²) in [6, 6.07) is 14.4. The molecule has 0 aliphatic rings. The van der Waals surface area contributed by atoms with E-state index in [9.17, 15) is 4.39 Å². The maximum Gasteiger partial charge on any atom is 0.124 e. The molecule has 3 heteroatoms. The van der Waals surface area contributed by atoms with E-state index in [1.807, 2.05) is 37.3 Å². The van der Waals surface area contributed by atoms with Crippen LogP contribution in [0.15, 0.2) is 48.5 Å². The van der Waals surface area contributed by atoms with Crippen LogP contribution in [0.2, 0.25) is 0 Å². The van der Waals surface area contributed by atoms with Crippen molar-refractivity contribution in [1.29, 1.82) is 0 Å². The number of hydrogen-bond donors (Lipinski definition) is 1. The van der Waals surface area contributed by atoms with Crippen LogP contribution in [0.1, 0.15) is 31.4 Å². The highest BCUT2D eigenvalue weighted by Crippen LogP contribution is 2.31. The number of ether oxygens (including phenoxy) is 1. The van der Waals surface area contributed by atoms with Gasteiger partial charge < -0.3 is 10.5 Å². The van der Waals surface area contributed by atoms with Crippen molar-refractivity contribution in [1.82, 2.24) is 0 Å². The van der Waals surface area contributed by atoms with Gasteiger partial charge in [0.25, 0.3) is 0 Å². The van der Waals surface area contributed by atoms with Gasteiger partial charge >= 0.3 is 0 Å². The van der Waals surface area contributed by atoms with Gasteiger partial charge in [0.05, 0.1) is 6.61 Å². The van der Waals surface area contributed by atoms with Crippen LogP contribution in [0.3, 0.4) is 0 Å². The van der Waals surface area contributed by atoms with Crippen LogP contribution in [-0.2, 0) is 12.0 Å². The molecule has 2 N–H and O–H groups in total. The fourth-order valence-electron chi connectivity index (χ4n) is 2.44. The van der Waals surface area contributed by atoms with Crippen LogP contribution in [-0.4, -0.2) is 6.61 Å². The van der Waals surface area contributed by atoms with E-state index in [0.717, 1.165) is 23.3 Å². The van der Waals surface area contributed by atoms with E-state index in [0.29, 0.717) is 13.0 Å². The highest BCUT2D eigenvalue weighted by atomic mass is 19.1. The van der Waals surface area contributed by atoms with Gasteiger partial charge in [0, 0.05) is 11.1 Å². The summed E-state index contributed by atoms with van der Waals surface area (Å²) < 4.78 is 19.1. The van der Waals surface area contributed by atoms with Gasteiger partial charge in [-0.1, -0.05) is 37.3 Å². The second-order valence-electron chi connectivity index (χ2n) is 5.57. The standard InChI is InChI=1S/C18H22FNO/c1-3-11-21-17-10-5-4-9-16(17)18(2,20)13-14-7-6-8-15(19)12-14/h4-10,12H,3,11,13,20H2,1-2H3. The Morgan fingerprint density at radius 1 is 1.14 bits per heavy atom. The molecule has 21 heavy (non-hydrogen) atoms. The lowest BCUT2D eigenvalue weighted by molar-refractivity contribution is 0.305. The van der Waals surface area contributed by atoms with Gasteiger partial charge in [-0.15, -0.1) is 0 Å². The van der Waals surface area contributed by atoms with Gasteiger partial charge in [0.1, 0.15) is 11.6 Å². The molecular weight excluding hydrogens is 265 g/mol. The molecule has 112 valence electrons. The third-order valence-corrected chi connectivity index (χ3v) is 3.42. The lowest BCUT2D eigenvalue weighted by atomic mass is 9.86. The topological polar surface area (TPSA) is 35.2 Å². The Labute approximate surface area is 125 Å². The van der Waals surface area contributed by atoms with E-state index >= 15 is 0 Å². The normalized spacial score (nSPS) is 13.7. The molecule has 0 aromatic heterocycles. The van der Waals surface area contributed by atoms with Gasteiger partial charge in [-0.05, 0) is 43.5 Å². The molecule has 0 spiro atoms. The molecule has 0 amide bonds. The highest BCUT2D eigenvalue weighted by Gasteiger charge is 2.25. The summed E-state index contributed by atoms with van der Waals surface area (Å²) in [4.78, 5) is 0. The Bertz CT molecular complexity index is 595. The van der Waals surface area contributed by atoms with Gasteiger partial charge in [0.15, 0.2) is 0 Å².